The number of carbonyl (C=O) groups excluding carboxylic acids is 2. The molecule has 0 bridgehead atoms. The molecule has 0 fully saturated rings. The lowest BCUT2D eigenvalue weighted by molar-refractivity contribution is -0.141. The molecule has 1 aliphatic carbocycles. The minimum absolute atomic E-state index is 0.0851. The molecule has 2 heterocycles. The monoisotopic (exact) mass is 494 g/mol. The molecule has 0 unspecified atom stereocenters. The van der Waals surface area contributed by atoms with Gasteiger partial charge in [-0.3, -0.25) is 9.59 Å². The maximum atomic E-state index is 13.2. The lowest BCUT2D eigenvalue weighted by atomic mass is 9.95. The zero-order valence-corrected chi connectivity index (χ0v) is 19.1. The number of fused-ring (bicyclic) bond motifs is 1. The van der Waals surface area contributed by atoms with E-state index >= 15 is 0 Å². The van der Waals surface area contributed by atoms with Crippen LogP contribution in [0.15, 0.2) is 41.7 Å². The van der Waals surface area contributed by atoms with Crippen molar-refractivity contribution in [1.82, 2.24) is 9.55 Å². The molecule has 2 aromatic heterocycles. The summed E-state index contributed by atoms with van der Waals surface area (Å²) in [6.07, 6.45) is 0.474. The largest absolute Gasteiger partial charge is 0.406 e. The molecule has 0 saturated carbocycles. The summed E-state index contributed by atoms with van der Waals surface area (Å²) in [4.78, 5) is 29.8. The summed E-state index contributed by atoms with van der Waals surface area (Å²) in [6.45, 7) is -1.22. The third-order valence-electron chi connectivity index (χ3n) is 5.23. The molecule has 0 radical (unpaired) electrons. The van der Waals surface area contributed by atoms with Crippen molar-refractivity contribution in [3.05, 3.63) is 52.5 Å². The van der Waals surface area contributed by atoms with Crippen molar-refractivity contribution < 1.29 is 22.8 Å². The predicted octanol–water partition coefficient (Wildman–Crippen LogP) is 4.88. The summed E-state index contributed by atoms with van der Waals surface area (Å²) in [5.74, 6) is -1.20. The van der Waals surface area contributed by atoms with Crippen LogP contribution in [0.5, 0.6) is 0 Å². The number of benzene rings is 1. The van der Waals surface area contributed by atoms with E-state index in [0.717, 1.165) is 52.5 Å². The van der Waals surface area contributed by atoms with E-state index in [2.05, 4.69) is 10.3 Å². The third-order valence-corrected chi connectivity index (χ3v) is 7.43. The molecule has 11 heteroatoms. The highest BCUT2D eigenvalue weighted by molar-refractivity contribution is 7.99. The van der Waals surface area contributed by atoms with Crippen LogP contribution in [0, 0.1) is 0 Å². The highest BCUT2D eigenvalue weighted by atomic mass is 32.2. The lowest BCUT2D eigenvalue weighted by Crippen LogP contribution is -2.21. The van der Waals surface area contributed by atoms with E-state index < -0.39 is 24.5 Å². The van der Waals surface area contributed by atoms with Crippen LogP contribution >= 0.6 is 23.1 Å². The van der Waals surface area contributed by atoms with Crippen molar-refractivity contribution in [3.8, 4) is 11.3 Å². The molecule has 3 N–H and O–H groups in total. The number of anilines is 1. The number of rotatable bonds is 7. The zero-order chi connectivity index (χ0) is 23.6. The van der Waals surface area contributed by atoms with E-state index in [9.17, 15) is 22.8 Å². The number of nitrogens with one attached hydrogen (secondary N) is 1. The molecule has 2 amide bonds. The number of nitrogens with two attached hydrogens (primary N) is 1. The molecule has 0 saturated heterocycles. The van der Waals surface area contributed by atoms with Gasteiger partial charge in [-0.25, -0.2) is 4.98 Å². The Kier molecular flexibility index (Phi) is 6.80. The van der Waals surface area contributed by atoms with Crippen molar-refractivity contribution in [3.63, 3.8) is 0 Å². The number of alkyl halides is 3. The molecule has 1 aromatic carbocycles. The van der Waals surface area contributed by atoms with Crippen LogP contribution in [0.2, 0.25) is 0 Å². The van der Waals surface area contributed by atoms with Crippen molar-refractivity contribution in [2.75, 3.05) is 11.1 Å². The maximum Gasteiger partial charge on any atom is 0.406 e. The van der Waals surface area contributed by atoms with Crippen LogP contribution in [-0.2, 0) is 24.2 Å². The number of imidazole rings is 1. The predicted molar refractivity (Wildman–Crippen MR) is 123 cm³/mol. The lowest BCUT2D eigenvalue weighted by Gasteiger charge is -2.14. The van der Waals surface area contributed by atoms with Crippen LogP contribution in [0.3, 0.4) is 0 Å². The van der Waals surface area contributed by atoms with Gasteiger partial charge in [0.15, 0.2) is 5.16 Å². The van der Waals surface area contributed by atoms with Crippen LogP contribution in [0.4, 0.5) is 18.2 Å². The number of aromatic nitrogens is 2. The fourth-order valence-corrected chi connectivity index (χ4v) is 5.94. The number of thioether (sulfide) groups is 1. The third kappa shape index (κ3) is 5.41. The molecule has 0 spiro atoms. The van der Waals surface area contributed by atoms with Gasteiger partial charge in [-0.1, -0.05) is 42.1 Å². The average Bonchev–Trinajstić information content (AvgIpc) is 3.32. The van der Waals surface area contributed by atoms with Crippen molar-refractivity contribution in [1.29, 1.82) is 0 Å². The molecule has 0 aliphatic heterocycles. The summed E-state index contributed by atoms with van der Waals surface area (Å²) >= 11 is 2.25. The number of carbonyl (C=O) groups is 2. The van der Waals surface area contributed by atoms with E-state index in [-0.39, 0.29) is 10.9 Å². The molecule has 1 aliphatic rings. The van der Waals surface area contributed by atoms with Crippen LogP contribution in [0.1, 0.15) is 33.6 Å². The summed E-state index contributed by atoms with van der Waals surface area (Å²) in [5, 5.41) is 3.22. The molecule has 33 heavy (non-hydrogen) atoms. The molecule has 6 nitrogen and oxygen atoms in total. The number of primary amides is 1. The van der Waals surface area contributed by atoms with Gasteiger partial charge in [0.2, 0.25) is 5.91 Å². The second-order valence-electron chi connectivity index (χ2n) is 7.61. The molecule has 174 valence electrons. The van der Waals surface area contributed by atoms with Gasteiger partial charge in [-0.2, -0.15) is 13.2 Å². The number of nitrogens with zero attached hydrogens (tertiary/aromatic N) is 2. The smallest absolute Gasteiger partial charge is 0.365 e. The fourth-order valence-electron chi connectivity index (χ4n) is 3.85. The molecular weight excluding hydrogens is 473 g/mol. The average molecular weight is 495 g/mol. The van der Waals surface area contributed by atoms with Gasteiger partial charge in [-0.05, 0) is 36.8 Å². The van der Waals surface area contributed by atoms with E-state index in [1.165, 1.54) is 17.5 Å². The normalized spacial score (nSPS) is 13.5. The van der Waals surface area contributed by atoms with E-state index in [0.29, 0.717) is 21.8 Å². The minimum Gasteiger partial charge on any atom is -0.365 e. The van der Waals surface area contributed by atoms with Crippen molar-refractivity contribution in [2.45, 2.75) is 43.6 Å². The first-order valence-corrected chi connectivity index (χ1v) is 12.1. The Bertz CT molecular complexity index is 1170. The first kappa shape index (κ1) is 23.4. The first-order chi connectivity index (χ1) is 15.7. The Morgan fingerprint density at radius 1 is 1.18 bits per heavy atom. The van der Waals surface area contributed by atoms with Crippen LogP contribution < -0.4 is 11.1 Å². The summed E-state index contributed by atoms with van der Waals surface area (Å²) in [5.41, 5.74) is 7.71. The van der Waals surface area contributed by atoms with E-state index in [4.69, 9.17) is 5.73 Å². The second kappa shape index (κ2) is 9.60. The highest BCUT2D eigenvalue weighted by Crippen LogP contribution is 2.38. The topological polar surface area (TPSA) is 90.0 Å². The first-order valence-electron chi connectivity index (χ1n) is 10.3. The van der Waals surface area contributed by atoms with Gasteiger partial charge >= 0.3 is 6.18 Å². The zero-order valence-electron chi connectivity index (χ0n) is 17.4. The van der Waals surface area contributed by atoms with Gasteiger partial charge in [0.05, 0.1) is 23.2 Å². The Labute approximate surface area is 196 Å². The number of halogens is 3. The van der Waals surface area contributed by atoms with Crippen LogP contribution in [-0.4, -0.2) is 33.3 Å². The van der Waals surface area contributed by atoms with E-state index in [1.54, 1.807) is 30.3 Å². The molecular formula is C22H21F3N4O2S2. The quantitative estimate of drug-likeness (QED) is 0.458. The van der Waals surface area contributed by atoms with Crippen molar-refractivity contribution >= 4 is 39.9 Å². The van der Waals surface area contributed by atoms with Gasteiger partial charge in [-0.15, -0.1) is 11.3 Å². The summed E-state index contributed by atoms with van der Waals surface area (Å²) in [7, 11) is 0. The summed E-state index contributed by atoms with van der Waals surface area (Å²) < 4.78 is 40.8. The number of amides is 2. The molecule has 3 aromatic rings. The second-order valence-corrected chi connectivity index (χ2v) is 9.66. The fraction of sp³-hybridized carbons (Fsp3) is 0.318. The Hall–Kier alpha value is -2.79. The highest BCUT2D eigenvalue weighted by Gasteiger charge is 2.31. The van der Waals surface area contributed by atoms with Crippen LogP contribution in [0.25, 0.3) is 11.3 Å². The van der Waals surface area contributed by atoms with Crippen molar-refractivity contribution in [2.24, 2.45) is 5.73 Å². The SMILES string of the molecule is NC(=O)c1c(NC(=O)CSc2ncc(-c3ccccc3)n2CC(F)(F)F)sc2c1CCCC2. The van der Waals surface area contributed by atoms with Gasteiger partial charge in [0.25, 0.3) is 5.91 Å². The molecule has 0 atom stereocenters. The number of aryl methyl sites for hydroxylation is 1. The Morgan fingerprint density at radius 2 is 1.91 bits per heavy atom. The minimum atomic E-state index is -4.45. The summed E-state index contributed by atoms with van der Waals surface area (Å²) in [6, 6.07) is 8.65. The van der Waals surface area contributed by atoms with Gasteiger partial charge in [0.1, 0.15) is 11.5 Å². The maximum absolute atomic E-state index is 13.2. The Balaban J connectivity index is 1.52. The number of hydrogen-bond acceptors (Lipinski definition) is 5. The van der Waals surface area contributed by atoms with Gasteiger partial charge < -0.3 is 15.6 Å². The van der Waals surface area contributed by atoms with E-state index in [1.807, 2.05) is 0 Å². The Morgan fingerprint density at radius 3 is 2.61 bits per heavy atom. The number of hydrogen-bond donors (Lipinski definition) is 2. The standard InChI is InChI=1S/C22H21F3N4O2S2/c23-22(24,25)12-29-15(13-6-2-1-3-7-13)10-27-21(29)32-11-17(30)28-20-18(19(26)31)14-8-4-5-9-16(14)33-20/h1-3,6-7,10H,4-5,8-9,11-12H2,(H2,26,31)(H,28,30). The van der Waals surface area contributed by atoms with Gasteiger partial charge in [0, 0.05) is 4.88 Å². The molecule has 4 rings (SSSR count). The number of thiophene rings is 1.